The Morgan fingerprint density at radius 2 is 1.62 bits per heavy atom. The van der Waals surface area contributed by atoms with Crippen molar-refractivity contribution in [3.8, 4) is 5.75 Å². The van der Waals surface area contributed by atoms with E-state index in [9.17, 15) is 9.59 Å². The summed E-state index contributed by atoms with van der Waals surface area (Å²) >= 11 is 0. The Hall–Kier alpha value is -2.86. The average molecular weight is 353 g/mol. The van der Waals surface area contributed by atoms with E-state index in [1.54, 1.807) is 14.2 Å². The van der Waals surface area contributed by atoms with Crippen molar-refractivity contribution in [2.45, 2.75) is 13.1 Å². The van der Waals surface area contributed by atoms with E-state index < -0.39 is 0 Å². The maximum absolute atomic E-state index is 12.0. The van der Waals surface area contributed by atoms with E-state index in [0.717, 1.165) is 21.1 Å². The van der Waals surface area contributed by atoms with Crippen molar-refractivity contribution in [3.05, 3.63) is 74.6 Å². The minimum absolute atomic E-state index is 0.281. The molecule has 0 saturated carbocycles. The van der Waals surface area contributed by atoms with Crippen molar-refractivity contribution in [1.82, 2.24) is 14.0 Å². The fourth-order valence-corrected chi connectivity index (χ4v) is 3.07. The molecular formula is C20H23N3O3. The third-order valence-corrected chi connectivity index (χ3v) is 4.62. The minimum atomic E-state index is -0.305. The lowest BCUT2D eigenvalue weighted by molar-refractivity contribution is 0.308. The summed E-state index contributed by atoms with van der Waals surface area (Å²) in [5, 5.41) is 2.28. The lowest BCUT2D eigenvalue weighted by Gasteiger charge is -2.19. The first-order valence-corrected chi connectivity index (χ1v) is 8.40. The van der Waals surface area contributed by atoms with Crippen molar-refractivity contribution in [2.75, 3.05) is 14.2 Å². The van der Waals surface area contributed by atoms with Gasteiger partial charge in [-0.05, 0) is 41.6 Å². The van der Waals surface area contributed by atoms with Gasteiger partial charge in [-0.1, -0.05) is 18.2 Å². The second-order valence-electron chi connectivity index (χ2n) is 6.59. The van der Waals surface area contributed by atoms with Gasteiger partial charge in [-0.15, -0.1) is 0 Å². The normalized spacial score (nSPS) is 11.3. The summed E-state index contributed by atoms with van der Waals surface area (Å²) < 4.78 is 7.89. The van der Waals surface area contributed by atoms with Crippen LogP contribution in [0.3, 0.4) is 0 Å². The first-order valence-electron chi connectivity index (χ1n) is 8.40. The van der Waals surface area contributed by atoms with E-state index in [2.05, 4.69) is 23.1 Å². The number of ether oxygens (including phenoxy) is 1. The highest BCUT2D eigenvalue weighted by molar-refractivity contribution is 5.84. The zero-order valence-electron chi connectivity index (χ0n) is 15.5. The van der Waals surface area contributed by atoms with Crippen LogP contribution in [0.5, 0.6) is 5.75 Å². The molecule has 0 aliphatic rings. The summed E-state index contributed by atoms with van der Waals surface area (Å²) in [5.74, 6) is 0.842. The second-order valence-corrected chi connectivity index (χ2v) is 6.59. The zero-order chi connectivity index (χ0) is 18.8. The quantitative estimate of drug-likeness (QED) is 0.703. The molecule has 0 amide bonds. The Morgan fingerprint density at radius 1 is 0.923 bits per heavy atom. The molecule has 1 aromatic heterocycles. The lowest BCUT2D eigenvalue weighted by Crippen LogP contribution is -2.39. The van der Waals surface area contributed by atoms with Crippen molar-refractivity contribution in [3.63, 3.8) is 0 Å². The van der Waals surface area contributed by atoms with Gasteiger partial charge in [0.05, 0.1) is 7.11 Å². The fraction of sp³-hybridized carbons (Fsp3) is 0.300. The maximum atomic E-state index is 12.0. The van der Waals surface area contributed by atoms with Gasteiger partial charge >= 0.3 is 5.69 Å². The van der Waals surface area contributed by atoms with Crippen LogP contribution in [-0.2, 0) is 27.2 Å². The largest absolute Gasteiger partial charge is 0.497 e. The number of hydrogen-bond donors (Lipinski definition) is 0. The molecule has 26 heavy (non-hydrogen) atoms. The van der Waals surface area contributed by atoms with E-state index in [1.807, 2.05) is 25.2 Å². The van der Waals surface area contributed by atoms with Gasteiger partial charge in [0, 0.05) is 38.9 Å². The fourth-order valence-electron chi connectivity index (χ4n) is 3.07. The summed E-state index contributed by atoms with van der Waals surface area (Å²) in [5.41, 5.74) is 1.28. The van der Waals surface area contributed by atoms with Crippen molar-refractivity contribution < 1.29 is 4.74 Å². The summed E-state index contributed by atoms with van der Waals surface area (Å²) in [4.78, 5) is 26.0. The zero-order valence-corrected chi connectivity index (χ0v) is 15.5. The molecule has 1 heterocycles. The van der Waals surface area contributed by atoms with Crippen LogP contribution < -0.4 is 16.0 Å². The molecule has 0 aliphatic heterocycles. The van der Waals surface area contributed by atoms with Gasteiger partial charge in [-0.3, -0.25) is 18.8 Å². The molecule has 136 valence electrons. The van der Waals surface area contributed by atoms with E-state index in [4.69, 9.17) is 4.74 Å². The van der Waals surface area contributed by atoms with E-state index in [0.29, 0.717) is 18.8 Å². The molecule has 0 radical (unpaired) electrons. The first kappa shape index (κ1) is 17.9. The molecule has 0 bridgehead atoms. The number of benzene rings is 2. The third kappa shape index (κ3) is 3.55. The first-order chi connectivity index (χ1) is 12.4. The Bertz CT molecular complexity index is 1070. The number of hydrogen-bond acceptors (Lipinski definition) is 4. The van der Waals surface area contributed by atoms with Gasteiger partial charge in [-0.2, -0.15) is 0 Å². The average Bonchev–Trinajstić information content (AvgIpc) is 2.63. The summed E-state index contributed by atoms with van der Waals surface area (Å²) in [6.07, 6.45) is 0. The molecule has 0 aliphatic carbocycles. The Labute approximate surface area is 151 Å². The minimum Gasteiger partial charge on any atom is -0.497 e. The monoisotopic (exact) mass is 353 g/mol. The van der Waals surface area contributed by atoms with Gasteiger partial charge < -0.3 is 4.74 Å². The smallest absolute Gasteiger partial charge is 0.330 e. The number of aromatic nitrogens is 2. The SMILES string of the molecule is COc1ccc2cc(CN(C)Cc3cc(=O)n(C)c(=O)n3C)ccc2c1. The molecule has 0 spiro atoms. The maximum Gasteiger partial charge on any atom is 0.330 e. The Morgan fingerprint density at radius 3 is 2.35 bits per heavy atom. The Kier molecular flexibility index (Phi) is 4.95. The summed E-state index contributed by atoms with van der Waals surface area (Å²) in [6, 6.07) is 13.8. The molecule has 0 unspecified atom stereocenters. The molecule has 0 atom stereocenters. The van der Waals surface area contributed by atoms with Crippen molar-refractivity contribution >= 4 is 10.8 Å². The third-order valence-electron chi connectivity index (χ3n) is 4.62. The van der Waals surface area contributed by atoms with E-state index in [1.165, 1.54) is 23.2 Å². The topological polar surface area (TPSA) is 56.5 Å². The molecule has 6 heteroatoms. The molecule has 0 N–H and O–H groups in total. The highest BCUT2D eigenvalue weighted by Crippen LogP contribution is 2.22. The molecule has 0 saturated heterocycles. The van der Waals surface area contributed by atoms with E-state index in [-0.39, 0.29) is 11.2 Å². The molecular weight excluding hydrogens is 330 g/mol. The molecule has 3 aromatic rings. The number of fused-ring (bicyclic) bond motifs is 1. The summed E-state index contributed by atoms with van der Waals surface area (Å²) in [7, 11) is 6.81. The number of methoxy groups -OCH3 is 1. The predicted octanol–water partition coefficient (Wildman–Crippen LogP) is 1.88. The van der Waals surface area contributed by atoms with Crippen LogP contribution in [0.1, 0.15) is 11.3 Å². The molecule has 2 aromatic carbocycles. The van der Waals surface area contributed by atoms with Gasteiger partial charge in [-0.25, -0.2) is 4.79 Å². The highest BCUT2D eigenvalue weighted by Gasteiger charge is 2.09. The van der Waals surface area contributed by atoms with Crippen molar-refractivity contribution in [2.24, 2.45) is 14.1 Å². The number of rotatable bonds is 5. The van der Waals surface area contributed by atoms with Crippen LogP contribution in [0.4, 0.5) is 0 Å². The van der Waals surface area contributed by atoms with E-state index >= 15 is 0 Å². The van der Waals surface area contributed by atoms with Crippen molar-refractivity contribution in [1.29, 1.82) is 0 Å². The lowest BCUT2D eigenvalue weighted by atomic mass is 10.1. The van der Waals surface area contributed by atoms with Crippen LogP contribution in [0, 0.1) is 0 Å². The standard InChI is InChI=1S/C20H23N3O3/c1-21(13-17-11-19(24)23(3)20(25)22(17)2)12-14-5-6-16-10-18(26-4)8-7-15(16)9-14/h5-11H,12-13H2,1-4H3. The Balaban J connectivity index is 1.80. The van der Waals surface area contributed by atoms with Crippen LogP contribution in [-0.4, -0.2) is 28.2 Å². The van der Waals surface area contributed by atoms with Crippen LogP contribution in [0.2, 0.25) is 0 Å². The van der Waals surface area contributed by atoms with Crippen LogP contribution in [0.25, 0.3) is 10.8 Å². The highest BCUT2D eigenvalue weighted by atomic mass is 16.5. The van der Waals surface area contributed by atoms with Crippen LogP contribution in [0.15, 0.2) is 52.1 Å². The van der Waals surface area contributed by atoms with Gasteiger partial charge in [0.1, 0.15) is 5.75 Å². The number of nitrogens with zero attached hydrogens (tertiary/aromatic N) is 3. The van der Waals surface area contributed by atoms with Gasteiger partial charge in [0.2, 0.25) is 0 Å². The second kappa shape index (κ2) is 7.17. The summed E-state index contributed by atoms with van der Waals surface area (Å²) in [6.45, 7) is 1.23. The molecule has 0 fully saturated rings. The van der Waals surface area contributed by atoms with Gasteiger partial charge in [0.15, 0.2) is 0 Å². The van der Waals surface area contributed by atoms with Gasteiger partial charge in [0.25, 0.3) is 5.56 Å². The molecule has 3 rings (SSSR count). The van der Waals surface area contributed by atoms with Crippen LogP contribution >= 0.6 is 0 Å². The predicted molar refractivity (Wildman–Crippen MR) is 103 cm³/mol. The molecule has 6 nitrogen and oxygen atoms in total.